The molecule has 1 saturated heterocycles. The number of anilines is 1. The summed E-state index contributed by atoms with van der Waals surface area (Å²) in [5.41, 5.74) is 7.56. The van der Waals surface area contributed by atoms with Gasteiger partial charge < -0.3 is 15.4 Å². The van der Waals surface area contributed by atoms with Gasteiger partial charge in [-0.3, -0.25) is 14.5 Å². The number of primary amides is 1. The Morgan fingerprint density at radius 3 is 2.88 bits per heavy atom. The molecule has 0 aliphatic carbocycles. The van der Waals surface area contributed by atoms with E-state index in [2.05, 4.69) is 4.90 Å². The molecule has 2 N–H and O–H groups in total. The van der Waals surface area contributed by atoms with Crippen molar-refractivity contribution in [2.24, 2.45) is 11.7 Å². The van der Waals surface area contributed by atoms with Crippen LogP contribution in [0.5, 0.6) is 5.75 Å². The zero-order chi connectivity index (χ0) is 17.1. The highest BCUT2D eigenvalue weighted by Gasteiger charge is 2.28. The zero-order valence-corrected chi connectivity index (χ0v) is 14.2. The van der Waals surface area contributed by atoms with E-state index in [9.17, 15) is 9.59 Å². The first-order valence-electron chi connectivity index (χ1n) is 8.57. The summed E-state index contributed by atoms with van der Waals surface area (Å²) >= 11 is 0. The lowest BCUT2D eigenvalue weighted by atomic mass is 9.97. The Hall–Kier alpha value is -2.08. The lowest BCUT2D eigenvalue weighted by Crippen LogP contribution is -2.47. The van der Waals surface area contributed by atoms with Crippen LogP contribution in [0.2, 0.25) is 0 Å². The molecule has 0 spiro atoms. The first-order chi connectivity index (χ1) is 11.6. The Kier molecular flexibility index (Phi) is 5.04. The minimum atomic E-state index is -0.262. The molecule has 1 atom stereocenters. The Bertz CT molecular complexity index is 632. The number of fused-ring (bicyclic) bond motifs is 1. The predicted molar refractivity (Wildman–Crippen MR) is 92.0 cm³/mol. The molecule has 1 unspecified atom stereocenters. The van der Waals surface area contributed by atoms with Gasteiger partial charge in [0.05, 0.1) is 19.6 Å². The molecule has 3 rings (SSSR count). The number of hydrogen-bond donors (Lipinski definition) is 1. The molecule has 2 amide bonds. The molecule has 6 nitrogen and oxygen atoms in total. The Morgan fingerprint density at radius 2 is 2.12 bits per heavy atom. The molecule has 0 saturated carbocycles. The first-order valence-corrected chi connectivity index (χ1v) is 8.57. The summed E-state index contributed by atoms with van der Waals surface area (Å²) in [7, 11) is 1.65. The zero-order valence-electron chi connectivity index (χ0n) is 14.2. The number of rotatable bonds is 4. The molecule has 2 heterocycles. The Balaban J connectivity index is 1.69. The molecule has 6 heteroatoms. The molecular formula is C18H25N3O3. The van der Waals surface area contributed by atoms with E-state index in [1.54, 1.807) is 7.11 Å². The fraction of sp³-hybridized carbons (Fsp3) is 0.556. The van der Waals surface area contributed by atoms with Gasteiger partial charge in [0.25, 0.3) is 0 Å². The molecule has 24 heavy (non-hydrogen) atoms. The highest BCUT2D eigenvalue weighted by Crippen LogP contribution is 2.30. The van der Waals surface area contributed by atoms with Crippen molar-refractivity contribution in [3.63, 3.8) is 0 Å². The number of carbonyl (C=O) groups excluding carboxylic acids is 2. The summed E-state index contributed by atoms with van der Waals surface area (Å²) in [6.45, 7) is 2.52. The van der Waals surface area contributed by atoms with Crippen molar-refractivity contribution in [2.45, 2.75) is 25.7 Å². The van der Waals surface area contributed by atoms with Gasteiger partial charge in [-0.1, -0.05) is 0 Å². The summed E-state index contributed by atoms with van der Waals surface area (Å²) < 4.78 is 5.28. The Morgan fingerprint density at radius 1 is 1.29 bits per heavy atom. The molecular weight excluding hydrogens is 306 g/mol. The van der Waals surface area contributed by atoms with Crippen molar-refractivity contribution in [1.82, 2.24) is 4.90 Å². The van der Waals surface area contributed by atoms with Gasteiger partial charge in [-0.05, 0) is 56.0 Å². The van der Waals surface area contributed by atoms with Gasteiger partial charge in [-0.25, -0.2) is 0 Å². The molecule has 1 aromatic carbocycles. The van der Waals surface area contributed by atoms with E-state index in [4.69, 9.17) is 10.5 Å². The van der Waals surface area contributed by atoms with Crippen molar-refractivity contribution in [3.8, 4) is 5.75 Å². The number of piperidine rings is 1. The average molecular weight is 331 g/mol. The van der Waals surface area contributed by atoms with E-state index >= 15 is 0 Å². The molecule has 1 fully saturated rings. The molecule has 2 aliphatic heterocycles. The normalized spacial score (nSPS) is 21.2. The third-order valence-electron chi connectivity index (χ3n) is 4.97. The van der Waals surface area contributed by atoms with E-state index in [1.807, 2.05) is 23.1 Å². The minimum Gasteiger partial charge on any atom is -0.497 e. The fourth-order valence-corrected chi connectivity index (χ4v) is 3.67. The molecule has 0 bridgehead atoms. The van der Waals surface area contributed by atoms with Crippen LogP contribution in [-0.2, 0) is 16.0 Å². The second-order valence-electron chi connectivity index (χ2n) is 6.62. The van der Waals surface area contributed by atoms with Crippen LogP contribution in [-0.4, -0.2) is 50.0 Å². The number of carbonyl (C=O) groups is 2. The summed E-state index contributed by atoms with van der Waals surface area (Å²) in [5, 5.41) is 0. The number of nitrogens with two attached hydrogens (primary N) is 1. The van der Waals surface area contributed by atoms with Crippen LogP contribution in [0.15, 0.2) is 18.2 Å². The topological polar surface area (TPSA) is 75.9 Å². The van der Waals surface area contributed by atoms with E-state index in [1.165, 1.54) is 0 Å². The summed E-state index contributed by atoms with van der Waals surface area (Å²) in [6, 6.07) is 5.88. The number of aryl methyl sites for hydroxylation is 1. The molecule has 130 valence electrons. The second kappa shape index (κ2) is 7.21. The minimum absolute atomic E-state index is 0.0891. The number of nitrogens with zero attached hydrogens (tertiary/aromatic N) is 2. The van der Waals surface area contributed by atoms with Gasteiger partial charge in [0.15, 0.2) is 0 Å². The van der Waals surface area contributed by atoms with E-state index in [0.717, 1.165) is 55.8 Å². The Labute approximate surface area is 142 Å². The highest BCUT2D eigenvalue weighted by atomic mass is 16.5. The lowest BCUT2D eigenvalue weighted by Gasteiger charge is -2.34. The number of methoxy groups -OCH3 is 1. The number of likely N-dealkylation sites (tertiary alicyclic amines) is 1. The van der Waals surface area contributed by atoms with Crippen LogP contribution in [0, 0.1) is 5.92 Å². The van der Waals surface area contributed by atoms with Crippen molar-refractivity contribution >= 4 is 17.5 Å². The van der Waals surface area contributed by atoms with Gasteiger partial charge in [0, 0.05) is 18.8 Å². The van der Waals surface area contributed by atoms with Crippen molar-refractivity contribution < 1.29 is 14.3 Å². The second-order valence-corrected chi connectivity index (χ2v) is 6.62. The molecule has 0 aromatic heterocycles. The van der Waals surface area contributed by atoms with Crippen LogP contribution < -0.4 is 15.4 Å². The van der Waals surface area contributed by atoms with Gasteiger partial charge >= 0.3 is 0 Å². The smallest absolute Gasteiger partial charge is 0.241 e. The summed E-state index contributed by atoms with van der Waals surface area (Å²) in [5.74, 6) is 0.515. The molecule has 2 aliphatic rings. The van der Waals surface area contributed by atoms with Gasteiger partial charge in [-0.15, -0.1) is 0 Å². The van der Waals surface area contributed by atoms with Gasteiger partial charge in [0.2, 0.25) is 11.8 Å². The van der Waals surface area contributed by atoms with E-state index in [-0.39, 0.29) is 17.7 Å². The highest BCUT2D eigenvalue weighted by molar-refractivity contribution is 5.96. The predicted octanol–water partition coefficient (Wildman–Crippen LogP) is 1.17. The van der Waals surface area contributed by atoms with Crippen LogP contribution in [0.25, 0.3) is 0 Å². The van der Waals surface area contributed by atoms with Crippen LogP contribution >= 0.6 is 0 Å². The maximum absolute atomic E-state index is 12.8. The summed E-state index contributed by atoms with van der Waals surface area (Å²) in [4.78, 5) is 28.1. The average Bonchev–Trinajstić information content (AvgIpc) is 2.60. The van der Waals surface area contributed by atoms with E-state index < -0.39 is 0 Å². The molecule has 0 radical (unpaired) electrons. The maximum Gasteiger partial charge on any atom is 0.241 e. The monoisotopic (exact) mass is 331 g/mol. The SMILES string of the molecule is COc1ccc2c(c1)CCCN2C(=O)CN1CCCC(C(N)=O)C1. The van der Waals surface area contributed by atoms with Crippen LogP contribution in [0.1, 0.15) is 24.8 Å². The number of ether oxygens (including phenoxy) is 1. The third-order valence-corrected chi connectivity index (χ3v) is 4.97. The quantitative estimate of drug-likeness (QED) is 0.899. The van der Waals surface area contributed by atoms with Gasteiger partial charge in [-0.2, -0.15) is 0 Å². The third kappa shape index (κ3) is 3.53. The van der Waals surface area contributed by atoms with Crippen molar-refractivity contribution in [1.29, 1.82) is 0 Å². The number of benzene rings is 1. The molecule has 1 aromatic rings. The van der Waals surface area contributed by atoms with Gasteiger partial charge in [0.1, 0.15) is 5.75 Å². The van der Waals surface area contributed by atoms with E-state index in [0.29, 0.717) is 13.1 Å². The van der Waals surface area contributed by atoms with Crippen LogP contribution in [0.4, 0.5) is 5.69 Å². The number of amides is 2. The van der Waals surface area contributed by atoms with Crippen molar-refractivity contribution in [2.75, 3.05) is 38.2 Å². The standard InChI is InChI=1S/C18H25N3O3/c1-24-15-6-7-16-13(10-15)4-3-9-21(16)17(22)12-20-8-2-5-14(11-20)18(19)23/h6-7,10,14H,2-5,8-9,11-12H2,1H3,(H2,19,23). The first kappa shape index (κ1) is 16.8. The maximum atomic E-state index is 12.8. The van der Waals surface area contributed by atoms with Crippen LogP contribution in [0.3, 0.4) is 0 Å². The number of hydrogen-bond acceptors (Lipinski definition) is 4. The fourth-order valence-electron chi connectivity index (χ4n) is 3.67. The largest absolute Gasteiger partial charge is 0.497 e. The summed E-state index contributed by atoms with van der Waals surface area (Å²) in [6.07, 6.45) is 3.65. The van der Waals surface area contributed by atoms with Crippen molar-refractivity contribution in [3.05, 3.63) is 23.8 Å². The lowest BCUT2D eigenvalue weighted by molar-refractivity contribution is -0.125.